The molecule has 6 aromatic carbocycles. The van der Waals surface area contributed by atoms with E-state index in [4.69, 9.17) is 0 Å². The fourth-order valence-corrected chi connectivity index (χ4v) is 5.69. The summed E-state index contributed by atoms with van der Waals surface area (Å²) in [7, 11) is 0. The van der Waals surface area contributed by atoms with Gasteiger partial charge in [-0.05, 0) is 72.3 Å². The molecule has 0 atom stereocenters. The number of nitriles is 1. The van der Waals surface area contributed by atoms with Crippen molar-refractivity contribution in [2.45, 2.75) is 0 Å². The zero-order valence-corrected chi connectivity index (χ0v) is 20.6. The highest BCUT2D eigenvalue weighted by molar-refractivity contribution is 6.23. The first-order chi connectivity index (χ1) is 18.8. The third kappa shape index (κ3) is 3.53. The number of hydrogen-bond acceptors (Lipinski definition) is 2. The first-order valence-electron chi connectivity index (χ1n) is 12.7. The lowest BCUT2D eigenvalue weighted by Crippen LogP contribution is -1.92. The number of benzene rings is 6. The minimum Gasteiger partial charge on any atom is -0.263 e. The van der Waals surface area contributed by atoms with Crippen LogP contribution in [0.4, 0.5) is 0 Å². The van der Waals surface area contributed by atoms with Crippen molar-refractivity contribution in [2.24, 2.45) is 0 Å². The lowest BCUT2D eigenvalue weighted by molar-refractivity contribution is 1.30. The summed E-state index contributed by atoms with van der Waals surface area (Å²) in [6.07, 6.45) is 3.42. The van der Waals surface area contributed by atoms with Crippen LogP contribution in [-0.4, -0.2) is 4.98 Å². The number of fused-ring (bicyclic) bond motifs is 3. The van der Waals surface area contributed by atoms with Crippen LogP contribution in [0.15, 0.2) is 134 Å². The molecule has 0 aliphatic heterocycles. The summed E-state index contributed by atoms with van der Waals surface area (Å²) in [5.74, 6) is 0. The van der Waals surface area contributed by atoms with Gasteiger partial charge in [0.15, 0.2) is 0 Å². The third-order valence-electron chi connectivity index (χ3n) is 7.34. The Labute approximate surface area is 221 Å². The fourth-order valence-electron chi connectivity index (χ4n) is 5.69. The summed E-state index contributed by atoms with van der Waals surface area (Å²) in [6.45, 7) is 0. The minimum absolute atomic E-state index is 0.559. The molecule has 0 unspecified atom stereocenters. The molecule has 1 heterocycles. The average molecular weight is 483 g/mol. The maximum atomic E-state index is 9.37. The Hall–Kier alpha value is -5.26. The van der Waals surface area contributed by atoms with Gasteiger partial charge in [0.2, 0.25) is 0 Å². The number of nitrogens with zero attached hydrogens (tertiary/aromatic N) is 2. The van der Waals surface area contributed by atoms with Crippen LogP contribution in [0.1, 0.15) is 5.56 Å². The zero-order chi connectivity index (χ0) is 25.5. The van der Waals surface area contributed by atoms with Crippen molar-refractivity contribution in [3.63, 3.8) is 0 Å². The molecular weight excluding hydrogens is 460 g/mol. The average Bonchev–Trinajstić information content (AvgIpc) is 2.99. The van der Waals surface area contributed by atoms with E-state index in [2.05, 4.69) is 126 Å². The van der Waals surface area contributed by atoms with Gasteiger partial charge < -0.3 is 0 Å². The van der Waals surface area contributed by atoms with Gasteiger partial charge in [-0.3, -0.25) is 4.98 Å². The van der Waals surface area contributed by atoms with E-state index >= 15 is 0 Å². The van der Waals surface area contributed by atoms with Crippen LogP contribution in [0.25, 0.3) is 65.7 Å². The summed E-state index contributed by atoms with van der Waals surface area (Å²) in [6, 6.07) is 45.3. The molecule has 0 fully saturated rings. The van der Waals surface area contributed by atoms with Gasteiger partial charge in [0.1, 0.15) is 6.07 Å². The fraction of sp³-hybridized carbons (Fsp3) is 0. The van der Waals surface area contributed by atoms with Crippen LogP contribution in [0.2, 0.25) is 0 Å². The summed E-state index contributed by atoms with van der Waals surface area (Å²) in [5.41, 5.74) is 7.40. The molecule has 0 radical (unpaired) electrons. The molecule has 0 saturated heterocycles. The van der Waals surface area contributed by atoms with Gasteiger partial charge in [-0.15, -0.1) is 0 Å². The molecule has 1 aromatic heterocycles. The van der Waals surface area contributed by atoms with E-state index in [1.807, 2.05) is 12.3 Å². The van der Waals surface area contributed by atoms with Crippen molar-refractivity contribution in [3.05, 3.63) is 139 Å². The second kappa shape index (κ2) is 9.00. The van der Waals surface area contributed by atoms with Crippen molar-refractivity contribution in [1.29, 1.82) is 5.26 Å². The van der Waals surface area contributed by atoms with Gasteiger partial charge in [0.25, 0.3) is 0 Å². The molecular formula is C36H22N2. The van der Waals surface area contributed by atoms with E-state index in [0.717, 1.165) is 16.7 Å². The van der Waals surface area contributed by atoms with Crippen LogP contribution in [0.5, 0.6) is 0 Å². The Kier molecular flexibility index (Phi) is 5.20. The molecule has 0 saturated carbocycles. The summed E-state index contributed by atoms with van der Waals surface area (Å²) in [4.78, 5) is 4.28. The predicted molar refractivity (Wildman–Crippen MR) is 158 cm³/mol. The van der Waals surface area contributed by atoms with Gasteiger partial charge in [-0.2, -0.15) is 5.26 Å². The second-order valence-corrected chi connectivity index (χ2v) is 9.52. The van der Waals surface area contributed by atoms with Crippen molar-refractivity contribution in [2.75, 3.05) is 0 Å². The molecule has 0 amide bonds. The zero-order valence-electron chi connectivity index (χ0n) is 20.6. The lowest BCUT2D eigenvalue weighted by Gasteiger charge is -2.19. The lowest BCUT2D eigenvalue weighted by atomic mass is 9.84. The Balaban J connectivity index is 1.56. The molecule has 0 bridgehead atoms. The van der Waals surface area contributed by atoms with Gasteiger partial charge in [-0.25, -0.2) is 0 Å². The highest BCUT2D eigenvalue weighted by Crippen LogP contribution is 2.45. The van der Waals surface area contributed by atoms with Crippen molar-refractivity contribution >= 4 is 32.3 Å². The SMILES string of the molecule is N#Cc1cncc(-c2cccc(-c3c4ccccc4c(-c4cccc5ccccc45)c4ccccc34)c2)c1. The standard InChI is InChI=1S/C36H22N2/c37-21-24-19-28(23-38-22-24)26-11-7-12-27(20-26)35-31-14-3-5-16-33(31)36(34-17-6-4-15-32(34)35)30-18-8-10-25-9-1-2-13-29(25)30/h1-20,22-23H. The first kappa shape index (κ1) is 22.0. The topological polar surface area (TPSA) is 36.7 Å². The smallest absolute Gasteiger partial charge is 0.101 e. The van der Waals surface area contributed by atoms with E-state index < -0.39 is 0 Å². The van der Waals surface area contributed by atoms with Gasteiger partial charge >= 0.3 is 0 Å². The molecule has 0 spiro atoms. The Bertz CT molecular complexity index is 1980. The molecule has 0 N–H and O–H groups in total. The van der Waals surface area contributed by atoms with Crippen LogP contribution >= 0.6 is 0 Å². The summed E-state index contributed by atoms with van der Waals surface area (Å²) < 4.78 is 0. The van der Waals surface area contributed by atoms with Gasteiger partial charge in [0.05, 0.1) is 5.56 Å². The normalized spacial score (nSPS) is 11.1. The monoisotopic (exact) mass is 482 g/mol. The third-order valence-corrected chi connectivity index (χ3v) is 7.34. The van der Waals surface area contributed by atoms with Crippen LogP contribution < -0.4 is 0 Å². The molecule has 176 valence electrons. The molecule has 38 heavy (non-hydrogen) atoms. The van der Waals surface area contributed by atoms with Crippen LogP contribution in [0.3, 0.4) is 0 Å². The largest absolute Gasteiger partial charge is 0.263 e. The number of rotatable bonds is 3. The van der Waals surface area contributed by atoms with E-state index in [1.165, 1.54) is 49.0 Å². The van der Waals surface area contributed by atoms with E-state index in [9.17, 15) is 5.26 Å². The highest BCUT2D eigenvalue weighted by atomic mass is 14.6. The highest BCUT2D eigenvalue weighted by Gasteiger charge is 2.18. The van der Waals surface area contributed by atoms with Crippen LogP contribution in [-0.2, 0) is 0 Å². The second-order valence-electron chi connectivity index (χ2n) is 9.52. The maximum Gasteiger partial charge on any atom is 0.101 e. The minimum atomic E-state index is 0.559. The number of hydrogen-bond donors (Lipinski definition) is 0. The van der Waals surface area contributed by atoms with Gasteiger partial charge in [0, 0.05) is 18.0 Å². The number of aromatic nitrogens is 1. The van der Waals surface area contributed by atoms with Crippen molar-refractivity contribution in [3.8, 4) is 39.4 Å². The first-order valence-corrected chi connectivity index (χ1v) is 12.7. The quantitative estimate of drug-likeness (QED) is 0.235. The summed E-state index contributed by atoms with van der Waals surface area (Å²) in [5, 5.41) is 16.8. The molecule has 0 aliphatic carbocycles. The van der Waals surface area contributed by atoms with Crippen molar-refractivity contribution in [1.82, 2.24) is 4.98 Å². The van der Waals surface area contributed by atoms with Gasteiger partial charge in [-0.1, -0.05) is 109 Å². The van der Waals surface area contributed by atoms with Crippen molar-refractivity contribution < 1.29 is 0 Å². The molecule has 7 rings (SSSR count). The molecule has 2 heteroatoms. The Morgan fingerprint density at radius 3 is 1.76 bits per heavy atom. The summed E-state index contributed by atoms with van der Waals surface area (Å²) >= 11 is 0. The molecule has 0 aliphatic rings. The molecule has 7 aromatic rings. The van der Waals surface area contributed by atoms with E-state index in [0.29, 0.717) is 5.56 Å². The Morgan fingerprint density at radius 1 is 0.474 bits per heavy atom. The molecule has 2 nitrogen and oxygen atoms in total. The Morgan fingerprint density at radius 2 is 1.05 bits per heavy atom. The predicted octanol–water partition coefficient (Wildman–Crippen LogP) is 9.41. The van der Waals surface area contributed by atoms with E-state index in [-0.39, 0.29) is 0 Å². The van der Waals surface area contributed by atoms with E-state index in [1.54, 1.807) is 6.20 Å². The number of pyridine rings is 1. The maximum absolute atomic E-state index is 9.37. The van der Waals surface area contributed by atoms with Crippen LogP contribution in [0, 0.1) is 11.3 Å².